The topological polar surface area (TPSA) is 466 Å². The van der Waals surface area contributed by atoms with Crippen LogP contribution in [0, 0.1) is 17.8 Å². The van der Waals surface area contributed by atoms with E-state index in [1.165, 1.54) is 57.2 Å². The van der Waals surface area contributed by atoms with Crippen molar-refractivity contribution in [2.45, 2.75) is 182 Å². The minimum absolute atomic E-state index is 0.0113. The van der Waals surface area contributed by atoms with Gasteiger partial charge < -0.3 is 101 Å². The summed E-state index contributed by atoms with van der Waals surface area (Å²) in [5.74, 6) is -10.2. The Morgan fingerprint density at radius 2 is 1.34 bits per heavy atom. The fraction of sp³-hybridized carbons (Fsp3) is 0.638. The number of phenols is 1. The number of piperazine rings is 1. The number of benzene rings is 3. The maximum Gasteiger partial charge on any atom is 0.266 e. The van der Waals surface area contributed by atoms with Gasteiger partial charge in [-0.1, -0.05) is 56.5 Å². The predicted molar refractivity (Wildman–Crippen MR) is 368 cm³/mol. The number of hydrogen-bond donors (Lipinski definition) is 18. The van der Waals surface area contributed by atoms with Crippen molar-refractivity contribution in [2.24, 2.45) is 17.8 Å². The molecule has 6 fully saturated rings. The number of fused-ring (bicyclic) bond motifs is 2. The third-order valence-corrected chi connectivity index (χ3v) is 21.5. The third kappa shape index (κ3) is 19.7. The summed E-state index contributed by atoms with van der Waals surface area (Å²) in [6, 6.07) is 6.75. The molecule has 0 spiro atoms. The Morgan fingerprint density at radius 3 is 1.96 bits per heavy atom. The molecule has 2 saturated carbocycles. The van der Waals surface area contributed by atoms with Crippen LogP contribution in [-0.2, 0) is 39.9 Å². The molecule has 0 aromatic heterocycles. The molecule has 9 rings (SSSR count). The molecule has 4 aliphatic heterocycles. The standard InChI is InChI=1S/C69H102N10O21S/c1-39-35-79-60(61(39)88)66(93)71-34-49(83)31-51(72-62(89)45-12-10-43(11-13-45)44-14-16-47(17-15-44)76-25-27-77(28-26-76)48-19-22-69(99-3,23-20-48)46-7-5-4-6-8-46)63(90)73-57(40(2)82)67(94)78-36-50(84)32-52(78)64(91)74-58(55(87)29-41-9-18-53(85)56(30-41)100-101(96,97)98)65(92)75-59(68(79)95)54(86)21-24-70-33-42(37-80)38-81/h9-18,30,39-40,42,46,48-52,54-55,57-61,70,80-88,96-98H,4-8,19-29,31-38H2,1-3H3,(H,71,93)(H,72,89)(H,73,90)(H,74,91)(H,75,92)/t39-,40+,48?,49+,50+,51-,52-,54+,55+,57-,58-,59-,60-,61-,69?/m0/s1. The Hall–Kier alpha value is -6.86. The summed E-state index contributed by atoms with van der Waals surface area (Å²) in [5, 5.41) is 114. The maximum absolute atomic E-state index is 15.0. The van der Waals surface area contributed by atoms with E-state index in [0.29, 0.717) is 12.0 Å². The lowest BCUT2D eigenvalue weighted by Crippen LogP contribution is -2.64. The molecule has 0 radical (unpaired) electrons. The molecule has 13 atom stereocenters. The number of rotatable bonds is 21. The van der Waals surface area contributed by atoms with Gasteiger partial charge in [0.05, 0.1) is 42.2 Å². The molecule has 0 bridgehead atoms. The van der Waals surface area contributed by atoms with Gasteiger partial charge >= 0.3 is 0 Å². The first-order chi connectivity index (χ1) is 48.1. The molecule has 0 unspecified atom stereocenters. The van der Waals surface area contributed by atoms with Gasteiger partial charge in [-0.2, -0.15) is 0 Å². The molecule has 560 valence electrons. The Balaban J connectivity index is 0.945. The van der Waals surface area contributed by atoms with Crippen molar-refractivity contribution in [3.63, 3.8) is 0 Å². The van der Waals surface area contributed by atoms with E-state index in [-0.39, 0.29) is 42.8 Å². The summed E-state index contributed by atoms with van der Waals surface area (Å²) in [7, 11) is 1.90. The van der Waals surface area contributed by atoms with Crippen LogP contribution >= 0.6 is 11.2 Å². The molecule has 3 aromatic carbocycles. The van der Waals surface area contributed by atoms with Crippen molar-refractivity contribution >= 4 is 58.2 Å². The molecule has 4 saturated heterocycles. The number of hydrogen-bond acceptors (Lipinski definition) is 24. The van der Waals surface area contributed by atoms with Crippen molar-refractivity contribution in [3.8, 4) is 22.6 Å². The molecule has 31 nitrogen and oxygen atoms in total. The van der Waals surface area contributed by atoms with E-state index in [9.17, 15) is 88.4 Å². The molecule has 101 heavy (non-hydrogen) atoms. The number of β-amino-alcohol motifs (C(OH)–C–C–N with tert-alkyl or cyclic N) is 1. The minimum Gasteiger partial charge on any atom is -0.504 e. The zero-order chi connectivity index (χ0) is 73.0. The van der Waals surface area contributed by atoms with Gasteiger partial charge in [-0.3, -0.25) is 52.1 Å². The van der Waals surface area contributed by atoms with Crippen molar-refractivity contribution < 1.29 is 102 Å². The molecule has 18 N–H and O–H groups in total. The number of nitrogens with zero attached hydrogens (tertiary/aromatic N) is 4. The van der Waals surface area contributed by atoms with Crippen LogP contribution in [0.3, 0.4) is 0 Å². The average molecular weight is 1440 g/mol. The molecule has 7 amide bonds. The normalized spacial score (nSPS) is 29.3. The molecule has 3 aromatic rings. The Morgan fingerprint density at radius 1 is 0.713 bits per heavy atom. The number of aromatic hydroxyl groups is 1. The largest absolute Gasteiger partial charge is 0.504 e. The van der Waals surface area contributed by atoms with E-state index < -0.39 is 194 Å². The van der Waals surface area contributed by atoms with E-state index in [1.54, 1.807) is 12.1 Å². The summed E-state index contributed by atoms with van der Waals surface area (Å²) >= 11 is -4.74. The highest BCUT2D eigenvalue weighted by Gasteiger charge is 2.50. The summed E-state index contributed by atoms with van der Waals surface area (Å²) in [5.41, 5.74) is 2.74. The lowest BCUT2D eigenvalue weighted by molar-refractivity contribution is -0.147. The van der Waals surface area contributed by atoms with Crippen LogP contribution in [0.15, 0.2) is 66.7 Å². The average Bonchev–Trinajstić information content (AvgIpc) is 1.47. The second kappa shape index (κ2) is 35.1. The summed E-state index contributed by atoms with van der Waals surface area (Å²) < 4.78 is 39.8. The number of amides is 7. The van der Waals surface area contributed by atoms with Crippen LogP contribution in [-0.4, -0.2) is 279 Å². The SMILES string of the molecule is COC1(C2CCCCC2)CCC(N2CCN(c3ccc(-c4ccc(C(=O)N[C@H]5C[C@@H](O)CNC(=O)[C@@H]6[C@@H](O)[C@@H](C)CN6C(=O)[C@H]([C@H](O)CCNCC(CO)CO)NC(=O)[C@H]([C@H](O)Cc6ccc(O)c(OS(O)(O)O)c6)NC(=O)[C@@H]6C[C@@H](O)CN6C(=O)[C@H]([C@@H](C)O)NC5=O)cc4)cc3)CC2)CC1. The smallest absolute Gasteiger partial charge is 0.266 e. The van der Waals surface area contributed by atoms with Gasteiger partial charge in [-0.05, 0) is 117 Å². The minimum atomic E-state index is -4.74. The summed E-state index contributed by atoms with van der Waals surface area (Å²) in [6.45, 7) is 3.75. The fourth-order valence-corrected chi connectivity index (χ4v) is 15.6. The fourth-order valence-electron chi connectivity index (χ4n) is 15.2. The lowest BCUT2D eigenvalue weighted by atomic mass is 9.68. The number of aliphatic hydroxyl groups excluding tert-OH is 8. The van der Waals surface area contributed by atoms with Crippen molar-refractivity contribution in [1.82, 2.24) is 46.6 Å². The van der Waals surface area contributed by atoms with E-state index in [4.69, 9.17) is 4.74 Å². The van der Waals surface area contributed by atoms with E-state index in [0.717, 1.165) is 97.5 Å². The van der Waals surface area contributed by atoms with Crippen LogP contribution < -0.4 is 41.0 Å². The first-order valence-corrected chi connectivity index (χ1v) is 36.4. The summed E-state index contributed by atoms with van der Waals surface area (Å²) in [4.78, 5) is 109. The molecular formula is C69H102N10O21S. The van der Waals surface area contributed by atoms with Crippen molar-refractivity contribution in [2.75, 3.05) is 84.1 Å². The van der Waals surface area contributed by atoms with Crippen molar-refractivity contribution in [3.05, 3.63) is 77.9 Å². The number of carbonyl (C=O) groups is 7. The van der Waals surface area contributed by atoms with Crippen molar-refractivity contribution in [1.29, 1.82) is 0 Å². The second-order valence-electron chi connectivity index (χ2n) is 28.1. The van der Waals surface area contributed by atoms with Gasteiger partial charge in [0.15, 0.2) is 11.5 Å². The second-order valence-corrected chi connectivity index (χ2v) is 29.2. The number of ether oxygens (including phenoxy) is 1. The third-order valence-electron chi connectivity index (χ3n) is 21.1. The predicted octanol–water partition coefficient (Wildman–Crippen LogP) is -0.864. The van der Waals surface area contributed by atoms with Crippen LogP contribution in [0.1, 0.15) is 107 Å². The Kier molecular flexibility index (Phi) is 27.2. The number of anilines is 1. The van der Waals surface area contributed by atoms with Crippen LogP contribution in [0.25, 0.3) is 11.1 Å². The van der Waals surface area contributed by atoms with E-state index in [2.05, 4.69) is 58.0 Å². The molecule has 6 aliphatic rings. The Labute approximate surface area is 588 Å². The molecule has 4 heterocycles. The Bertz CT molecular complexity index is 3290. The van der Waals surface area contributed by atoms with Gasteiger partial charge in [0.2, 0.25) is 35.4 Å². The first-order valence-electron chi connectivity index (χ1n) is 35.0. The van der Waals surface area contributed by atoms with Gasteiger partial charge in [0, 0.05) is 121 Å². The molecular weight excluding hydrogens is 1340 g/mol. The van der Waals surface area contributed by atoms with E-state index in [1.807, 2.05) is 19.2 Å². The lowest BCUT2D eigenvalue weighted by Gasteiger charge is -2.49. The zero-order valence-corrected chi connectivity index (χ0v) is 58.1. The van der Waals surface area contributed by atoms with Crippen LogP contribution in [0.4, 0.5) is 5.69 Å². The van der Waals surface area contributed by atoms with E-state index >= 15 is 4.79 Å². The van der Waals surface area contributed by atoms with Gasteiger partial charge in [0.25, 0.3) is 17.1 Å². The van der Waals surface area contributed by atoms with Crippen LogP contribution in [0.5, 0.6) is 11.5 Å². The monoisotopic (exact) mass is 1440 g/mol. The number of phenolic OH excluding ortho intramolecular Hbond substituents is 1. The zero-order valence-electron chi connectivity index (χ0n) is 57.3. The van der Waals surface area contributed by atoms with Gasteiger partial charge in [0.1, 0.15) is 36.3 Å². The number of methoxy groups -OCH3 is 1. The molecule has 32 heteroatoms. The van der Waals surface area contributed by atoms with Gasteiger partial charge in [-0.25, -0.2) is 0 Å². The summed E-state index contributed by atoms with van der Waals surface area (Å²) in [6.07, 6.45) is -1.85. The maximum atomic E-state index is 15.0. The highest BCUT2D eigenvalue weighted by atomic mass is 32.3. The number of carbonyl (C=O) groups excluding carboxylic acids is 7. The quantitative estimate of drug-likeness (QED) is 0.0577. The highest BCUT2D eigenvalue weighted by Crippen LogP contribution is 2.45. The highest BCUT2D eigenvalue weighted by molar-refractivity contribution is 8.15. The number of nitrogens with one attached hydrogen (secondary N) is 6. The van der Waals surface area contributed by atoms with Gasteiger partial charge in [-0.15, -0.1) is 0 Å². The van der Waals surface area contributed by atoms with Crippen LogP contribution in [0.2, 0.25) is 0 Å². The molecule has 2 aliphatic carbocycles. The first kappa shape index (κ1) is 78.3. The number of aliphatic hydroxyl groups is 8.